The maximum Gasteiger partial charge on any atom is -0.172 e. The number of rotatable bonds is 0. The van der Waals surface area contributed by atoms with Crippen molar-refractivity contribution in [3.8, 4) is 0 Å². The van der Waals surface area contributed by atoms with E-state index in [1.807, 2.05) is 137 Å². The van der Waals surface area contributed by atoms with Gasteiger partial charge >= 0.3 is 36.8 Å². The average Bonchev–Trinajstić information content (AvgIpc) is 3.46. The number of hydrogen-bond donors (Lipinski definition) is 0. The quantitative estimate of drug-likeness (QED) is 0.287. The third kappa shape index (κ3) is 20.2. The summed E-state index contributed by atoms with van der Waals surface area (Å²) in [5.41, 5.74) is 0. The van der Waals surface area contributed by atoms with Gasteiger partial charge in [-0.3, -0.25) is 0 Å². The van der Waals surface area contributed by atoms with Gasteiger partial charge in [0.2, 0.25) is 0 Å². The third-order valence-corrected chi connectivity index (χ3v) is 2.22. The predicted octanol–water partition coefficient (Wildman–Crippen LogP) is 5.50. The molecule has 0 atom stereocenters. The molecule has 4 rings (SSSR count). The topological polar surface area (TPSA) is 17.1 Å². The van der Waals surface area contributed by atoms with Crippen LogP contribution in [-0.4, -0.2) is 0 Å². The summed E-state index contributed by atoms with van der Waals surface area (Å²) in [6.45, 7) is 0. The molecule has 0 spiro atoms. The van der Waals surface area contributed by atoms with Gasteiger partial charge in [0.25, 0.3) is 0 Å². The monoisotopic (exact) mass is 388 g/mol. The summed E-state index contributed by atoms with van der Waals surface area (Å²) in [7, 11) is 0. The Balaban J connectivity index is 0. The van der Waals surface area contributed by atoms with Gasteiger partial charge in [0.1, 0.15) is 0 Å². The normalized spacial score (nSPS) is 7.17. The minimum absolute atomic E-state index is 0. The average molecular weight is 388 g/mol. The van der Waals surface area contributed by atoms with Crippen molar-refractivity contribution in [2.75, 3.05) is 0 Å². The molecule has 0 aromatic heterocycles. The molecule has 0 aliphatic heterocycles. The van der Waals surface area contributed by atoms with Crippen molar-refractivity contribution in [3.63, 3.8) is 0 Å². The Morgan fingerprint density at radius 2 is 0.522 bits per heavy atom. The minimum Gasteiger partial charge on any atom is -0.214 e. The molecule has 0 N–H and O–H groups in total. The van der Waals surface area contributed by atoms with E-state index >= 15 is 0 Å². The molecule has 4 aromatic rings. The first-order valence-corrected chi connectivity index (χ1v) is 7.26. The standard InChI is InChI=1S/4C5H5.2Fe.O/c4*1-2-4-5-3-1;;;/h4*1-5H;;;/q4*-1;;+2;. The van der Waals surface area contributed by atoms with Gasteiger partial charge in [0.05, 0.1) is 0 Å². The van der Waals surface area contributed by atoms with E-state index < -0.39 is 0 Å². The molecule has 0 saturated heterocycles. The van der Waals surface area contributed by atoms with Crippen LogP contribution in [0.15, 0.2) is 121 Å². The van der Waals surface area contributed by atoms with E-state index in [-0.39, 0.29) is 17.1 Å². The van der Waals surface area contributed by atoms with Crippen LogP contribution >= 0.6 is 0 Å². The number of hydrogen-bond acceptors (Lipinski definition) is 1. The molecule has 4 aromatic carbocycles. The molecule has 0 bridgehead atoms. The Hall–Kier alpha value is -1.76. The zero-order valence-electron chi connectivity index (χ0n) is 12.7. The second-order valence-electron chi connectivity index (χ2n) is 3.85. The Morgan fingerprint density at radius 1 is 0.391 bits per heavy atom. The molecule has 0 saturated carbocycles. The fourth-order valence-electron chi connectivity index (χ4n) is 1.28. The predicted molar refractivity (Wildman–Crippen MR) is 88.8 cm³/mol. The van der Waals surface area contributed by atoms with Gasteiger partial charge in [-0.05, 0) is 0 Å². The Labute approximate surface area is 157 Å². The van der Waals surface area contributed by atoms with Crippen molar-refractivity contribution >= 4 is 0 Å². The molecule has 23 heavy (non-hydrogen) atoms. The molecule has 1 nitrogen and oxygen atoms in total. The van der Waals surface area contributed by atoms with Crippen molar-refractivity contribution in [2.45, 2.75) is 0 Å². The fraction of sp³-hybridized carbons (Fsp3) is 0. The first-order chi connectivity index (χ1) is 11.0. The van der Waals surface area contributed by atoms with E-state index in [4.69, 9.17) is 3.83 Å². The SMILES string of the molecule is [Fe+2].[O]=[Fe].c1cc[cH-]c1.c1cc[cH-]c1.c1cc[cH-]c1.c1cc[cH-]c1. The summed E-state index contributed by atoms with van der Waals surface area (Å²) in [6, 6.07) is 40.0. The van der Waals surface area contributed by atoms with E-state index in [9.17, 15) is 0 Å². The molecular formula is C20H20Fe2O-2. The summed E-state index contributed by atoms with van der Waals surface area (Å²) >= 11 is 2.00. The van der Waals surface area contributed by atoms with Crippen molar-refractivity contribution in [1.82, 2.24) is 0 Å². The van der Waals surface area contributed by atoms with Gasteiger partial charge in [-0.2, -0.15) is 72.8 Å². The molecule has 0 heterocycles. The second-order valence-corrected chi connectivity index (χ2v) is 3.85. The summed E-state index contributed by atoms with van der Waals surface area (Å²) < 4.78 is 8.00. The maximum atomic E-state index is 8.00. The van der Waals surface area contributed by atoms with Gasteiger partial charge in [-0.25, -0.2) is 48.5 Å². The molecule has 0 aliphatic carbocycles. The van der Waals surface area contributed by atoms with Crippen LogP contribution in [0.3, 0.4) is 0 Å². The molecule has 0 unspecified atom stereocenters. The van der Waals surface area contributed by atoms with Crippen LogP contribution in [0.1, 0.15) is 0 Å². The van der Waals surface area contributed by atoms with Crippen molar-refractivity contribution in [3.05, 3.63) is 121 Å². The van der Waals surface area contributed by atoms with E-state index in [0.717, 1.165) is 0 Å². The third-order valence-electron chi connectivity index (χ3n) is 2.22. The minimum atomic E-state index is 0. The van der Waals surface area contributed by atoms with Crippen LogP contribution in [0.5, 0.6) is 0 Å². The van der Waals surface area contributed by atoms with Gasteiger partial charge in [0.15, 0.2) is 0 Å². The Morgan fingerprint density at radius 3 is 0.565 bits per heavy atom. The summed E-state index contributed by atoms with van der Waals surface area (Å²) in [4.78, 5) is 0. The largest absolute Gasteiger partial charge is 0.214 e. The van der Waals surface area contributed by atoms with Crippen molar-refractivity contribution < 1.29 is 36.8 Å². The van der Waals surface area contributed by atoms with E-state index in [1.54, 1.807) is 0 Å². The molecule has 0 radical (unpaired) electrons. The van der Waals surface area contributed by atoms with Crippen LogP contribution in [0.4, 0.5) is 0 Å². The molecule has 0 amide bonds. The molecule has 3 heteroatoms. The van der Waals surface area contributed by atoms with Gasteiger partial charge in [0, 0.05) is 0 Å². The Kier molecular flexibility index (Phi) is 23.0. The first kappa shape index (κ1) is 23.5. The summed E-state index contributed by atoms with van der Waals surface area (Å²) in [5.74, 6) is 0. The smallest absolute Gasteiger partial charge is 0.172 e. The summed E-state index contributed by atoms with van der Waals surface area (Å²) in [5, 5.41) is 0. The van der Waals surface area contributed by atoms with E-state index in [2.05, 4.69) is 0 Å². The van der Waals surface area contributed by atoms with Gasteiger partial charge in [-0.1, -0.05) is 0 Å². The molecule has 124 valence electrons. The van der Waals surface area contributed by atoms with Crippen LogP contribution in [0, 0.1) is 0 Å². The van der Waals surface area contributed by atoms with Crippen molar-refractivity contribution in [2.24, 2.45) is 0 Å². The zero-order valence-corrected chi connectivity index (χ0v) is 14.9. The zero-order chi connectivity index (χ0) is 16.1. The van der Waals surface area contributed by atoms with Crippen LogP contribution in [0.2, 0.25) is 0 Å². The van der Waals surface area contributed by atoms with E-state index in [1.165, 1.54) is 0 Å². The Bertz CT molecular complexity index is 361. The second kappa shape index (κ2) is 22.5. The van der Waals surface area contributed by atoms with E-state index in [0.29, 0.717) is 0 Å². The molecule has 0 aliphatic rings. The molecule has 0 fully saturated rings. The molecular weight excluding hydrogens is 368 g/mol. The van der Waals surface area contributed by atoms with Gasteiger partial charge < -0.3 is 0 Å². The fourth-order valence-corrected chi connectivity index (χ4v) is 1.28. The van der Waals surface area contributed by atoms with Gasteiger partial charge in [-0.15, -0.1) is 0 Å². The van der Waals surface area contributed by atoms with Crippen LogP contribution in [0.25, 0.3) is 0 Å². The van der Waals surface area contributed by atoms with Crippen molar-refractivity contribution in [1.29, 1.82) is 0 Å². The van der Waals surface area contributed by atoms with Crippen LogP contribution < -0.4 is 0 Å². The maximum absolute atomic E-state index is 8.00. The first-order valence-electron chi connectivity index (χ1n) is 6.81. The summed E-state index contributed by atoms with van der Waals surface area (Å²) in [6.07, 6.45) is 0. The van der Waals surface area contributed by atoms with Crippen LogP contribution in [-0.2, 0) is 36.8 Å².